The van der Waals surface area contributed by atoms with Crippen LogP contribution in [-0.4, -0.2) is 22.7 Å². The molecule has 0 aliphatic rings. The first-order valence-corrected chi connectivity index (χ1v) is 5.23. The number of nitrogens with zero attached hydrogens (tertiary/aromatic N) is 1. The highest BCUT2D eigenvalue weighted by Gasteiger charge is 2.22. The zero-order chi connectivity index (χ0) is 9.90. The number of thiazole rings is 1. The monoisotopic (exact) mass is 200 g/mol. The van der Waals surface area contributed by atoms with Crippen LogP contribution in [0, 0.1) is 0 Å². The fourth-order valence-corrected chi connectivity index (χ4v) is 1.75. The van der Waals surface area contributed by atoms with Gasteiger partial charge in [0.15, 0.2) is 0 Å². The number of aromatic nitrogens is 1. The number of aliphatic hydroxyl groups is 1. The first-order chi connectivity index (χ1) is 6.02. The molecule has 0 amide bonds. The van der Waals surface area contributed by atoms with E-state index in [1.807, 2.05) is 5.38 Å². The average molecular weight is 200 g/mol. The van der Waals surface area contributed by atoms with Gasteiger partial charge in [-0.1, -0.05) is 0 Å². The Bertz CT molecular complexity index is 244. The summed E-state index contributed by atoms with van der Waals surface area (Å²) in [6.07, 6.45) is 1.48. The summed E-state index contributed by atoms with van der Waals surface area (Å²) in [4.78, 5) is 4.24. The molecule has 0 radical (unpaired) electrons. The minimum Gasteiger partial charge on any atom is -0.392 e. The summed E-state index contributed by atoms with van der Waals surface area (Å²) >= 11 is 1.63. The zero-order valence-electron chi connectivity index (χ0n) is 8.24. The van der Waals surface area contributed by atoms with E-state index in [2.05, 4.69) is 24.1 Å². The summed E-state index contributed by atoms with van der Waals surface area (Å²) in [6, 6.07) is 0. The quantitative estimate of drug-likeness (QED) is 0.771. The van der Waals surface area contributed by atoms with Gasteiger partial charge < -0.3 is 10.4 Å². The van der Waals surface area contributed by atoms with Gasteiger partial charge in [0.1, 0.15) is 5.01 Å². The van der Waals surface area contributed by atoms with E-state index < -0.39 is 0 Å². The van der Waals surface area contributed by atoms with Crippen LogP contribution in [0.1, 0.15) is 25.8 Å². The third-order valence-electron chi connectivity index (χ3n) is 1.81. The number of hydrogen-bond acceptors (Lipinski definition) is 4. The van der Waals surface area contributed by atoms with Gasteiger partial charge in [0.2, 0.25) is 0 Å². The molecule has 74 valence electrons. The Balaban J connectivity index is 2.56. The van der Waals surface area contributed by atoms with Crippen LogP contribution in [0.25, 0.3) is 0 Å². The van der Waals surface area contributed by atoms with Crippen LogP contribution >= 0.6 is 11.3 Å². The third kappa shape index (κ3) is 3.06. The van der Waals surface area contributed by atoms with Crippen molar-refractivity contribution in [2.24, 2.45) is 0 Å². The first kappa shape index (κ1) is 10.6. The Labute approximate surface area is 82.8 Å². The van der Waals surface area contributed by atoms with Crippen LogP contribution in [0.15, 0.2) is 11.6 Å². The van der Waals surface area contributed by atoms with Gasteiger partial charge in [0.25, 0.3) is 0 Å². The van der Waals surface area contributed by atoms with Crippen LogP contribution in [0.4, 0.5) is 0 Å². The molecule has 0 saturated heterocycles. The Morgan fingerprint density at radius 1 is 1.69 bits per heavy atom. The van der Waals surface area contributed by atoms with E-state index in [1.165, 1.54) is 0 Å². The molecule has 3 nitrogen and oxygen atoms in total. The number of aliphatic hydroxyl groups excluding tert-OH is 1. The van der Waals surface area contributed by atoms with E-state index in [0.29, 0.717) is 6.54 Å². The predicted molar refractivity (Wildman–Crippen MR) is 54.8 cm³/mol. The molecule has 1 aromatic rings. The van der Waals surface area contributed by atoms with Crippen molar-refractivity contribution >= 4 is 11.3 Å². The molecule has 2 N–H and O–H groups in total. The molecule has 1 atom stereocenters. The lowest BCUT2D eigenvalue weighted by atomic mass is 10.1. The molecule has 0 saturated carbocycles. The van der Waals surface area contributed by atoms with E-state index in [9.17, 15) is 0 Å². The number of rotatable bonds is 4. The highest BCUT2D eigenvalue weighted by molar-refractivity contribution is 7.09. The third-order valence-corrected chi connectivity index (χ3v) is 2.90. The van der Waals surface area contributed by atoms with Gasteiger partial charge >= 0.3 is 0 Å². The molecule has 0 fully saturated rings. The van der Waals surface area contributed by atoms with Crippen molar-refractivity contribution in [2.75, 3.05) is 6.54 Å². The highest BCUT2D eigenvalue weighted by Crippen LogP contribution is 2.21. The molecule has 4 heteroatoms. The standard InChI is InChI=1S/C9H16N2OS/c1-7(12)6-11-9(2,3)8-10-4-5-13-8/h4-5,7,11-12H,6H2,1-3H3/t7-/m0/s1. The molecule has 0 unspecified atom stereocenters. The topological polar surface area (TPSA) is 45.1 Å². The Hall–Kier alpha value is -0.450. The molecule has 0 aromatic carbocycles. The molecular formula is C9H16N2OS. The largest absolute Gasteiger partial charge is 0.392 e. The van der Waals surface area contributed by atoms with E-state index in [4.69, 9.17) is 5.11 Å². The van der Waals surface area contributed by atoms with Crippen molar-refractivity contribution in [1.29, 1.82) is 0 Å². The van der Waals surface area contributed by atoms with Crippen molar-refractivity contribution in [1.82, 2.24) is 10.3 Å². The van der Waals surface area contributed by atoms with E-state index >= 15 is 0 Å². The summed E-state index contributed by atoms with van der Waals surface area (Å²) < 4.78 is 0. The smallest absolute Gasteiger partial charge is 0.112 e. The Morgan fingerprint density at radius 3 is 2.85 bits per heavy atom. The molecule has 13 heavy (non-hydrogen) atoms. The van der Waals surface area contributed by atoms with Crippen molar-refractivity contribution in [3.8, 4) is 0 Å². The maximum atomic E-state index is 9.13. The van der Waals surface area contributed by atoms with Gasteiger partial charge in [0.05, 0.1) is 11.6 Å². The lowest BCUT2D eigenvalue weighted by Gasteiger charge is -2.24. The van der Waals surface area contributed by atoms with E-state index in [0.717, 1.165) is 5.01 Å². The van der Waals surface area contributed by atoms with Gasteiger partial charge in [-0.05, 0) is 20.8 Å². The Kier molecular flexibility index (Phi) is 3.41. The molecule has 0 bridgehead atoms. The molecule has 1 aromatic heterocycles. The SMILES string of the molecule is C[C@H](O)CNC(C)(C)c1nccs1. The predicted octanol–water partition coefficient (Wildman–Crippen LogP) is 1.35. The van der Waals surface area contributed by atoms with Crippen LogP contribution in [-0.2, 0) is 5.54 Å². The molecule has 0 aliphatic carbocycles. The van der Waals surface area contributed by atoms with Crippen molar-refractivity contribution in [3.05, 3.63) is 16.6 Å². The van der Waals surface area contributed by atoms with Crippen LogP contribution < -0.4 is 5.32 Å². The fourth-order valence-electron chi connectivity index (χ4n) is 1.01. The van der Waals surface area contributed by atoms with Gasteiger partial charge in [-0.25, -0.2) is 4.98 Å². The van der Waals surface area contributed by atoms with Crippen molar-refractivity contribution in [2.45, 2.75) is 32.4 Å². The molecular weight excluding hydrogens is 184 g/mol. The van der Waals surface area contributed by atoms with Crippen molar-refractivity contribution in [3.63, 3.8) is 0 Å². The molecule has 1 rings (SSSR count). The summed E-state index contributed by atoms with van der Waals surface area (Å²) in [7, 11) is 0. The summed E-state index contributed by atoms with van der Waals surface area (Å²) in [6.45, 7) is 6.49. The van der Waals surface area contributed by atoms with Crippen molar-refractivity contribution < 1.29 is 5.11 Å². The molecule has 1 heterocycles. The Morgan fingerprint density at radius 2 is 2.38 bits per heavy atom. The summed E-state index contributed by atoms with van der Waals surface area (Å²) in [5, 5.41) is 15.4. The van der Waals surface area contributed by atoms with Gasteiger partial charge in [-0.3, -0.25) is 0 Å². The normalized spacial score (nSPS) is 14.5. The second kappa shape index (κ2) is 4.17. The number of nitrogens with one attached hydrogen (secondary N) is 1. The maximum absolute atomic E-state index is 9.13. The number of hydrogen-bond donors (Lipinski definition) is 2. The minimum absolute atomic E-state index is 0.148. The van der Waals surface area contributed by atoms with Crippen LogP contribution in [0.3, 0.4) is 0 Å². The maximum Gasteiger partial charge on any atom is 0.112 e. The highest BCUT2D eigenvalue weighted by atomic mass is 32.1. The van der Waals surface area contributed by atoms with Crippen LogP contribution in [0.2, 0.25) is 0 Å². The minimum atomic E-state index is -0.320. The van der Waals surface area contributed by atoms with E-state index in [-0.39, 0.29) is 11.6 Å². The second-order valence-electron chi connectivity index (χ2n) is 3.69. The lowest BCUT2D eigenvalue weighted by Crippen LogP contribution is -2.40. The summed E-state index contributed by atoms with van der Waals surface area (Å²) in [5.74, 6) is 0. The second-order valence-corrected chi connectivity index (χ2v) is 4.59. The molecule has 0 spiro atoms. The average Bonchev–Trinajstić information content (AvgIpc) is 2.53. The van der Waals surface area contributed by atoms with Gasteiger partial charge in [-0.2, -0.15) is 0 Å². The van der Waals surface area contributed by atoms with Crippen LogP contribution in [0.5, 0.6) is 0 Å². The van der Waals surface area contributed by atoms with Gasteiger partial charge in [-0.15, -0.1) is 11.3 Å². The summed E-state index contributed by atoms with van der Waals surface area (Å²) in [5.41, 5.74) is -0.148. The lowest BCUT2D eigenvalue weighted by molar-refractivity contribution is 0.176. The molecule has 0 aliphatic heterocycles. The fraction of sp³-hybridized carbons (Fsp3) is 0.667. The first-order valence-electron chi connectivity index (χ1n) is 4.35. The van der Waals surface area contributed by atoms with Gasteiger partial charge in [0, 0.05) is 18.1 Å². The van der Waals surface area contributed by atoms with E-state index in [1.54, 1.807) is 24.5 Å². The zero-order valence-corrected chi connectivity index (χ0v) is 9.06.